The van der Waals surface area contributed by atoms with Crippen molar-refractivity contribution in [3.8, 4) is 68.3 Å². The Labute approximate surface area is 550 Å². The molecule has 0 radical (unpaired) electrons. The van der Waals surface area contributed by atoms with Crippen molar-refractivity contribution >= 4 is 64.0 Å². The molecule has 91 heavy (non-hydrogen) atoms. The fraction of sp³-hybridized carbons (Fsp3) is 0.390. The smallest absolute Gasteiger partial charge is 0.387 e. The molecule has 504 valence electrons. The fourth-order valence-corrected chi connectivity index (χ4v) is 9.88. The number of hydrogen-bond donors (Lipinski definition) is 1. The molecule has 0 saturated heterocycles. The van der Waals surface area contributed by atoms with Crippen LogP contribution in [0.5, 0.6) is 34.5 Å². The predicted molar refractivity (Wildman–Crippen MR) is 351 cm³/mol. The van der Waals surface area contributed by atoms with Crippen molar-refractivity contribution in [2.75, 3.05) is 76.5 Å². The first-order chi connectivity index (χ1) is 43.2. The van der Waals surface area contributed by atoms with Gasteiger partial charge in [0, 0.05) is 50.9 Å². The molecule has 1 N–H and O–H groups in total. The van der Waals surface area contributed by atoms with Gasteiger partial charge in [0.05, 0.1) is 90.7 Å². The number of hydrogen-bond acceptors (Lipinski definition) is 18. The number of methoxy groups -OCH3 is 3. The van der Waals surface area contributed by atoms with Crippen LogP contribution >= 0.6 is 64.0 Å². The third kappa shape index (κ3) is 32.3. The van der Waals surface area contributed by atoms with E-state index in [1.165, 1.54) is 103 Å². The number of nitrogens with one attached hydrogen (secondary N) is 1. The summed E-state index contributed by atoms with van der Waals surface area (Å²) in [7, 11) is -0.220. The maximum Gasteiger partial charge on any atom is 0.387 e. The molecular weight excluding hydrogens is 1450 g/mol. The second-order valence-electron chi connectivity index (χ2n) is 16.5. The highest BCUT2D eigenvalue weighted by Crippen LogP contribution is 2.48. The lowest BCUT2D eigenvalue weighted by molar-refractivity contribution is -0.0518. The number of halogens is 9. The van der Waals surface area contributed by atoms with E-state index in [2.05, 4.69) is 94.5 Å². The molecule has 32 heteroatoms. The van der Waals surface area contributed by atoms with Crippen LogP contribution in [0, 0.1) is 0 Å². The van der Waals surface area contributed by atoms with Gasteiger partial charge in [0.15, 0.2) is 34.5 Å². The summed E-state index contributed by atoms with van der Waals surface area (Å²) < 4.78 is 144. The zero-order valence-corrected chi connectivity index (χ0v) is 56.8. The first kappa shape index (κ1) is 82.8. The van der Waals surface area contributed by atoms with Crippen LogP contribution in [0.2, 0.25) is 0 Å². The average Bonchev–Trinajstić information content (AvgIpc) is 1.28. The number of aromatic amines is 1. The molecular formula is C59H75Br3F6N6O15P2. The molecule has 0 bridgehead atoms. The van der Waals surface area contributed by atoms with E-state index in [4.69, 9.17) is 36.8 Å². The highest BCUT2D eigenvalue weighted by Gasteiger charge is 2.21. The summed E-state index contributed by atoms with van der Waals surface area (Å²) in [4.78, 5) is 34.9. The van der Waals surface area contributed by atoms with Crippen molar-refractivity contribution in [3.05, 3.63) is 159 Å². The molecule has 0 atom stereocenters. The van der Waals surface area contributed by atoms with Gasteiger partial charge in [-0.1, -0.05) is 91.7 Å². The number of aromatic nitrogens is 6. The van der Waals surface area contributed by atoms with Crippen LogP contribution in [0.15, 0.2) is 142 Å². The van der Waals surface area contributed by atoms with E-state index in [0.29, 0.717) is 65.5 Å². The molecule has 6 aromatic rings. The SMILES string of the molecule is BrC/C=C/CBr.C.CCOP(=O)(C/C=C/Cn1nc(-c2ccc(OC)c(OC(F)F)c2)ccc1=O)OCC.CCOP(OCC)OCC.COc1ccc(-c2ccc(=O)[nH]n2)cc1OC(F)F.COc1ccc(-c2ccc(=O)n(C/C=C/CBr)n2)cc1OC(F)F. The van der Waals surface area contributed by atoms with E-state index in [9.17, 15) is 45.3 Å². The van der Waals surface area contributed by atoms with Crippen LogP contribution in [0.25, 0.3) is 33.8 Å². The second kappa shape index (κ2) is 47.7. The average molecular weight is 1520 g/mol. The van der Waals surface area contributed by atoms with E-state index in [-0.39, 0.29) is 84.5 Å². The number of nitrogens with zero attached hydrogens (tertiary/aromatic N) is 5. The minimum Gasteiger partial charge on any atom is -0.493 e. The Hall–Kier alpha value is -6.20. The first-order valence-corrected chi connectivity index (χ1v) is 33.2. The van der Waals surface area contributed by atoms with Gasteiger partial charge in [0.25, 0.3) is 16.7 Å². The van der Waals surface area contributed by atoms with Gasteiger partial charge in [-0.15, -0.1) is 0 Å². The minimum atomic E-state index is -3.22. The quantitative estimate of drug-likeness (QED) is 0.0184. The lowest BCUT2D eigenvalue weighted by atomic mass is 10.1. The molecule has 6 rings (SSSR count). The Morgan fingerprint density at radius 1 is 0.495 bits per heavy atom. The van der Waals surface area contributed by atoms with Crippen LogP contribution in [-0.2, 0) is 40.3 Å². The molecule has 0 aliphatic rings. The van der Waals surface area contributed by atoms with Crippen molar-refractivity contribution in [1.29, 1.82) is 0 Å². The van der Waals surface area contributed by atoms with Crippen molar-refractivity contribution in [2.24, 2.45) is 0 Å². The van der Waals surface area contributed by atoms with Gasteiger partial charge < -0.3 is 51.0 Å². The second-order valence-corrected chi connectivity index (χ2v) is 21.8. The Morgan fingerprint density at radius 2 is 0.846 bits per heavy atom. The summed E-state index contributed by atoms with van der Waals surface area (Å²) in [5, 5.41) is 17.2. The van der Waals surface area contributed by atoms with Crippen LogP contribution in [0.3, 0.4) is 0 Å². The Kier molecular flexibility index (Phi) is 43.4. The largest absolute Gasteiger partial charge is 0.493 e. The number of benzene rings is 3. The summed E-state index contributed by atoms with van der Waals surface area (Å²) in [6, 6.07) is 22.0. The summed E-state index contributed by atoms with van der Waals surface area (Å²) in [6.45, 7) is 3.16. The minimum absolute atomic E-state index is 0. The standard InChI is InChI=1S/C20H25F2N2O6P.C16H15BrF2N2O3.C12H10F2N2O3.C6H15O3P.C4H6Br2.CH4/c1-4-28-31(26,29-5-2)13-7-6-12-24-19(25)11-9-16(23-24)15-8-10-17(27-3)18(14-15)30-20(21)22;1-23-13-6-4-11(10-14(13)24-16(18)19)12-5-7-15(22)21(20-12)9-3-2-8-17;1-18-9-4-2-7(6-10(9)19-12(13)14)8-3-5-11(17)16-15-8;1-4-7-10(8-5-2)9-6-3;5-3-1-2-4-6;/h6-11,14,20H,4-5,12-13H2,1-3H3;2-7,10,16H,8-9H2,1H3;2-6,12H,1H3,(H,16,17);4-6H2,1-3H3;1-2H,3-4H2;1H4/b7-6+;3-2+;;;2-1+;. The topological polar surface area (TPSA) is 234 Å². The summed E-state index contributed by atoms with van der Waals surface area (Å²) >= 11 is 9.74. The summed E-state index contributed by atoms with van der Waals surface area (Å²) in [5.41, 5.74) is 1.83. The zero-order valence-electron chi connectivity index (χ0n) is 50.3. The molecule has 0 amide bonds. The number of rotatable bonds is 31. The Balaban J connectivity index is 0.000000616. The molecule has 21 nitrogen and oxygen atoms in total. The molecule has 0 unspecified atom stereocenters. The van der Waals surface area contributed by atoms with Crippen molar-refractivity contribution < 1.29 is 81.9 Å². The summed E-state index contributed by atoms with van der Waals surface area (Å²) in [6.07, 6.45) is 11.0. The number of alkyl halides is 9. The highest BCUT2D eigenvalue weighted by molar-refractivity contribution is 9.09. The van der Waals surface area contributed by atoms with Crippen LogP contribution in [0.4, 0.5) is 26.3 Å². The maximum absolute atomic E-state index is 12.7. The van der Waals surface area contributed by atoms with Crippen molar-refractivity contribution in [2.45, 2.75) is 75.0 Å². The number of ether oxygens (including phenoxy) is 6. The van der Waals surface area contributed by atoms with Crippen molar-refractivity contribution in [1.82, 2.24) is 29.8 Å². The van der Waals surface area contributed by atoms with Crippen molar-refractivity contribution in [3.63, 3.8) is 0 Å². The van der Waals surface area contributed by atoms with Crippen LogP contribution in [0.1, 0.15) is 42.0 Å². The monoisotopic (exact) mass is 1520 g/mol. The maximum atomic E-state index is 12.7. The molecule has 0 fully saturated rings. The Bertz CT molecular complexity index is 3300. The molecule has 0 aliphatic heterocycles. The van der Waals surface area contributed by atoms with E-state index in [1.807, 2.05) is 26.8 Å². The van der Waals surface area contributed by atoms with Gasteiger partial charge in [-0.25, -0.2) is 14.5 Å². The van der Waals surface area contributed by atoms with E-state index < -0.39 is 36.0 Å². The van der Waals surface area contributed by atoms with Gasteiger partial charge in [0.2, 0.25) is 0 Å². The van der Waals surface area contributed by atoms with Gasteiger partial charge in [-0.2, -0.15) is 41.6 Å². The van der Waals surface area contributed by atoms with E-state index in [1.54, 1.807) is 50.3 Å². The highest BCUT2D eigenvalue weighted by atomic mass is 79.9. The zero-order chi connectivity index (χ0) is 66.9. The molecule has 0 spiro atoms. The van der Waals surface area contributed by atoms with E-state index in [0.717, 1.165) is 10.7 Å². The molecule has 0 saturated carbocycles. The normalized spacial score (nSPS) is 11.1. The fourth-order valence-electron chi connectivity index (χ4n) is 6.75. The molecule has 3 aromatic carbocycles. The lowest BCUT2D eigenvalue weighted by Crippen LogP contribution is -2.21. The molecule has 3 aromatic heterocycles. The third-order valence-electron chi connectivity index (χ3n) is 10.4. The van der Waals surface area contributed by atoms with Gasteiger partial charge in [-0.05, 0) is 107 Å². The van der Waals surface area contributed by atoms with Gasteiger partial charge in [-0.3, -0.25) is 18.9 Å². The van der Waals surface area contributed by atoms with E-state index >= 15 is 0 Å². The van der Waals surface area contributed by atoms with Gasteiger partial charge >= 0.3 is 36.0 Å². The third-order valence-corrected chi connectivity index (χ3v) is 14.9. The van der Waals surface area contributed by atoms with Crippen LogP contribution < -0.4 is 45.1 Å². The van der Waals surface area contributed by atoms with Gasteiger partial charge in [0.1, 0.15) is 0 Å². The summed E-state index contributed by atoms with van der Waals surface area (Å²) in [5.74, 6) is 0.193. The predicted octanol–water partition coefficient (Wildman–Crippen LogP) is 15.2. The Morgan fingerprint density at radius 3 is 1.16 bits per heavy atom. The number of allylic oxidation sites excluding steroid dienone is 6. The first-order valence-electron chi connectivity index (χ1n) is 27.0. The number of H-pyrrole nitrogens is 1. The van der Waals surface area contributed by atoms with Crippen LogP contribution in [-0.4, -0.2) is 126 Å². The molecule has 0 aliphatic carbocycles. The lowest BCUT2D eigenvalue weighted by Gasteiger charge is -2.14. The molecule has 3 heterocycles.